The molecule has 1 amide bonds. The standard InChI is InChI=1S/C29H32BrN3O5/c1-36-22-13-11-21(12-14-22)33(26-10-6-5-9-25(26)32-15-7-4-8-16-32)31-28(34)18-20-17-27(37-2)23(19-24(20)30)29(35)38-3/h5-6,9-14,17,19H,4,7-8,15-16,18H2,1-3H3,(H,31,34). The Labute approximate surface area is 231 Å². The molecule has 3 aromatic rings. The Kier molecular flexibility index (Phi) is 9.12. The number of hydrogen-bond donors (Lipinski definition) is 1. The summed E-state index contributed by atoms with van der Waals surface area (Å²) in [4.78, 5) is 28.0. The third kappa shape index (κ3) is 6.22. The Hall–Kier alpha value is -3.72. The Bertz CT molecular complexity index is 1280. The van der Waals surface area contributed by atoms with Crippen LogP contribution >= 0.6 is 15.9 Å². The van der Waals surface area contributed by atoms with Crippen molar-refractivity contribution in [1.29, 1.82) is 0 Å². The number of anilines is 3. The van der Waals surface area contributed by atoms with Crippen LogP contribution in [-0.4, -0.2) is 46.3 Å². The van der Waals surface area contributed by atoms with Crippen LogP contribution < -0.4 is 24.8 Å². The molecule has 200 valence electrons. The highest BCUT2D eigenvalue weighted by Crippen LogP contribution is 2.35. The maximum absolute atomic E-state index is 13.5. The molecule has 4 rings (SSSR count). The third-order valence-electron chi connectivity index (χ3n) is 6.51. The van der Waals surface area contributed by atoms with E-state index >= 15 is 0 Å². The number of para-hydroxylation sites is 2. The second-order valence-electron chi connectivity index (χ2n) is 8.92. The summed E-state index contributed by atoms with van der Waals surface area (Å²) in [5.41, 5.74) is 6.79. The lowest BCUT2D eigenvalue weighted by atomic mass is 10.1. The van der Waals surface area contributed by atoms with E-state index in [2.05, 4.69) is 32.3 Å². The zero-order chi connectivity index (χ0) is 27.1. The number of ether oxygens (including phenoxy) is 3. The van der Waals surface area contributed by atoms with E-state index in [1.54, 1.807) is 19.2 Å². The van der Waals surface area contributed by atoms with E-state index in [-0.39, 0.29) is 17.9 Å². The normalized spacial score (nSPS) is 13.0. The molecule has 0 saturated carbocycles. The highest BCUT2D eigenvalue weighted by molar-refractivity contribution is 9.10. The van der Waals surface area contributed by atoms with E-state index in [9.17, 15) is 9.59 Å². The number of esters is 1. The number of piperidine rings is 1. The van der Waals surface area contributed by atoms with Gasteiger partial charge in [-0.1, -0.05) is 28.1 Å². The first-order valence-corrected chi connectivity index (χ1v) is 13.3. The Morgan fingerprint density at radius 1 is 0.947 bits per heavy atom. The molecule has 1 heterocycles. The van der Waals surface area contributed by atoms with Gasteiger partial charge in [-0.05, 0) is 73.4 Å². The topological polar surface area (TPSA) is 80.3 Å². The van der Waals surface area contributed by atoms with Crippen LogP contribution in [0.25, 0.3) is 0 Å². The molecule has 38 heavy (non-hydrogen) atoms. The maximum atomic E-state index is 13.5. The average molecular weight is 582 g/mol. The number of hydrogen-bond acceptors (Lipinski definition) is 7. The number of methoxy groups -OCH3 is 3. The molecular weight excluding hydrogens is 550 g/mol. The van der Waals surface area contributed by atoms with Gasteiger partial charge in [-0.3, -0.25) is 15.2 Å². The van der Waals surface area contributed by atoms with Gasteiger partial charge in [0.2, 0.25) is 5.91 Å². The maximum Gasteiger partial charge on any atom is 0.341 e. The number of amides is 1. The minimum Gasteiger partial charge on any atom is -0.497 e. The molecule has 1 aliphatic heterocycles. The van der Waals surface area contributed by atoms with Crippen molar-refractivity contribution in [2.45, 2.75) is 25.7 Å². The monoisotopic (exact) mass is 581 g/mol. The fourth-order valence-corrected chi connectivity index (χ4v) is 5.04. The van der Waals surface area contributed by atoms with Crippen LogP contribution in [0.2, 0.25) is 0 Å². The molecule has 9 heteroatoms. The highest BCUT2D eigenvalue weighted by Gasteiger charge is 2.22. The van der Waals surface area contributed by atoms with Gasteiger partial charge in [0.1, 0.15) is 17.1 Å². The first-order chi connectivity index (χ1) is 18.4. The smallest absolute Gasteiger partial charge is 0.341 e. The fraction of sp³-hybridized carbons (Fsp3) is 0.310. The van der Waals surface area contributed by atoms with Crippen molar-refractivity contribution in [1.82, 2.24) is 5.43 Å². The molecule has 0 aliphatic carbocycles. The predicted octanol–water partition coefficient (Wildman–Crippen LogP) is 5.66. The number of nitrogens with zero attached hydrogens (tertiary/aromatic N) is 2. The number of nitrogens with one attached hydrogen (secondary N) is 1. The third-order valence-corrected chi connectivity index (χ3v) is 7.25. The summed E-state index contributed by atoms with van der Waals surface area (Å²) in [5, 5.41) is 1.82. The van der Waals surface area contributed by atoms with Crippen molar-refractivity contribution in [2.75, 3.05) is 44.3 Å². The van der Waals surface area contributed by atoms with Gasteiger partial charge in [0.25, 0.3) is 0 Å². The number of rotatable bonds is 9. The molecule has 0 unspecified atom stereocenters. The molecule has 0 bridgehead atoms. The number of benzene rings is 3. The molecule has 0 radical (unpaired) electrons. The SMILES string of the molecule is COC(=O)c1cc(Br)c(CC(=O)NN(c2ccc(OC)cc2)c2ccccc2N2CCCCC2)cc1OC. The lowest BCUT2D eigenvalue weighted by molar-refractivity contribution is -0.120. The molecule has 1 N–H and O–H groups in total. The van der Waals surface area contributed by atoms with Crippen LogP contribution in [0.15, 0.2) is 65.1 Å². The number of carbonyl (C=O) groups excluding carboxylic acids is 2. The van der Waals surface area contributed by atoms with Gasteiger partial charge in [0.15, 0.2) is 0 Å². The van der Waals surface area contributed by atoms with Crippen molar-refractivity contribution in [3.63, 3.8) is 0 Å². The molecule has 0 aromatic heterocycles. The second-order valence-corrected chi connectivity index (χ2v) is 9.77. The summed E-state index contributed by atoms with van der Waals surface area (Å²) in [6.07, 6.45) is 3.56. The predicted molar refractivity (Wildman–Crippen MR) is 152 cm³/mol. The largest absolute Gasteiger partial charge is 0.497 e. The molecule has 8 nitrogen and oxygen atoms in total. The van der Waals surface area contributed by atoms with Crippen molar-refractivity contribution in [3.8, 4) is 11.5 Å². The first kappa shape index (κ1) is 27.3. The zero-order valence-corrected chi connectivity index (χ0v) is 23.4. The summed E-state index contributed by atoms with van der Waals surface area (Å²) in [5.74, 6) is 0.317. The summed E-state index contributed by atoms with van der Waals surface area (Å²) in [6.45, 7) is 1.95. The molecule has 1 saturated heterocycles. The van der Waals surface area contributed by atoms with Crippen molar-refractivity contribution < 1.29 is 23.8 Å². The number of hydrazine groups is 1. The average Bonchev–Trinajstić information content (AvgIpc) is 2.97. The minimum absolute atomic E-state index is 0.0525. The Morgan fingerprint density at radius 2 is 1.66 bits per heavy atom. The first-order valence-electron chi connectivity index (χ1n) is 12.5. The van der Waals surface area contributed by atoms with E-state index in [4.69, 9.17) is 14.2 Å². The van der Waals surface area contributed by atoms with Crippen LogP contribution in [0, 0.1) is 0 Å². The lowest BCUT2D eigenvalue weighted by Gasteiger charge is -2.34. The van der Waals surface area contributed by atoms with Gasteiger partial charge in [0.05, 0.1) is 44.8 Å². The summed E-state index contributed by atoms with van der Waals surface area (Å²) in [7, 11) is 4.41. The second kappa shape index (κ2) is 12.7. The van der Waals surface area contributed by atoms with Crippen molar-refractivity contribution >= 4 is 44.9 Å². The van der Waals surface area contributed by atoms with Gasteiger partial charge in [-0.25, -0.2) is 4.79 Å². The van der Waals surface area contributed by atoms with Crippen LogP contribution in [0.1, 0.15) is 35.2 Å². The van der Waals surface area contributed by atoms with Crippen molar-refractivity contribution in [2.24, 2.45) is 0 Å². The van der Waals surface area contributed by atoms with E-state index in [1.807, 2.05) is 47.5 Å². The number of carbonyl (C=O) groups is 2. The molecule has 0 spiro atoms. The quantitative estimate of drug-likeness (QED) is 0.258. The molecule has 1 aliphatic rings. The summed E-state index contributed by atoms with van der Waals surface area (Å²) in [6, 6.07) is 18.9. The fourth-order valence-electron chi connectivity index (χ4n) is 4.56. The molecule has 1 fully saturated rings. The van der Waals surface area contributed by atoms with Gasteiger partial charge >= 0.3 is 5.97 Å². The minimum atomic E-state index is -0.515. The lowest BCUT2D eigenvalue weighted by Crippen LogP contribution is -2.41. The van der Waals surface area contributed by atoms with Crippen LogP contribution in [-0.2, 0) is 16.0 Å². The molecular formula is C29H32BrN3O5. The van der Waals surface area contributed by atoms with E-state index < -0.39 is 5.97 Å². The van der Waals surface area contributed by atoms with Gasteiger partial charge in [-0.15, -0.1) is 0 Å². The van der Waals surface area contributed by atoms with Crippen LogP contribution in [0.4, 0.5) is 17.1 Å². The zero-order valence-electron chi connectivity index (χ0n) is 21.8. The van der Waals surface area contributed by atoms with Gasteiger partial charge in [0, 0.05) is 17.6 Å². The summed E-state index contributed by atoms with van der Waals surface area (Å²) >= 11 is 3.49. The van der Waals surface area contributed by atoms with E-state index in [0.29, 0.717) is 15.8 Å². The number of halogens is 1. The Balaban J connectivity index is 1.66. The van der Waals surface area contributed by atoms with E-state index in [0.717, 1.165) is 48.7 Å². The van der Waals surface area contributed by atoms with Crippen molar-refractivity contribution in [3.05, 3.63) is 76.3 Å². The van der Waals surface area contributed by atoms with Crippen LogP contribution in [0.5, 0.6) is 11.5 Å². The summed E-state index contributed by atoms with van der Waals surface area (Å²) < 4.78 is 16.2. The Morgan fingerprint density at radius 3 is 2.32 bits per heavy atom. The van der Waals surface area contributed by atoms with Gasteiger partial charge < -0.3 is 19.1 Å². The highest BCUT2D eigenvalue weighted by atomic mass is 79.9. The van der Waals surface area contributed by atoms with Gasteiger partial charge in [-0.2, -0.15) is 0 Å². The molecule has 3 aromatic carbocycles. The van der Waals surface area contributed by atoms with Crippen LogP contribution in [0.3, 0.4) is 0 Å². The van der Waals surface area contributed by atoms with E-state index in [1.165, 1.54) is 20.6 Å². The molecule has 0 atom stereocenters.